The lowest BCUT2D eigenvalue weighted by Gasteiger charge is -2.22. The topological polar surface area (TPSA) is 41.1 Å². The Balaban J connectivity index is 1.84. The van der Waals surface area contributed by atoms with E-state index in [0.29, 0.717) is 11.0 Å². The first-order valence-electron chi connectivity index (χ1n) is 7.84. The molecule has 1 aliphatic rings. The van der Waals surface area contributed by atoms with Gasteiger partial charge in [-0.25, -0.2) is 4.98 Å². The van der Waals surface area contributed by atoms with Crippen LogP contribution in [0.4, 0.5) is 17.5 Å². The molecule has 0 bridgehead atoms. The summed E-state index contributed by atoms with van der Waals surface area (Å²) in [6.07, 6.45) is 5.09. The Kier molecular flexibility index (Phi) is 4.78. The largest absolute Gasteiger partial charge is 0.356 e. The van der Waals surface area contributed by atoms with Crippen LogP contribution < -0.4 is 10.2 Å². The molecule has 0 atom stereocenters. The van der Waals surface area contributed by atoms with Gasteiger partial charge in [0, 0.05) is 24.8 Å². The number of hydrogen-bond acceptors (Lipinski definition) is 4. The van der Waals surface area contributed by atoms with Crippen LogP contribution in [0.5, 0.6) is 0 Å². The quantitative estimate of drug-likeness (QED) is 0.901. The summed E-state index contributed by atoms with van der Waals surface area (Å²) in [5.41, 5.74) is 1.79. The van der Waals surface area contributed by atoms with E-state index in [2.05, 4.69) is 26.3 Å². The molecule has 0 saturated carbocycles. The Morgan fingerprint density at radius 1 is 1.05 bits per heavy atom. The van der Waals surface area contributed by atoms with Crippen LogP contribution in [0, 0.1) is 6.92 Å². The fourth-order valence-electron chi connectivity index (χ4n) is 2.75. The number of nitrogens with one attached hydrogen (secondary N) is 1. The second kappa shape index (κ2) is 6.97. The predicted octanol–water partition coefficient (Wildman–Crippen LogP) is 4.56. The minimum absolute atomic E-state index is 0.604. The Morgan fingerprint density at radius 3 is 2.50 bits per heavy atom. The molecule has 0 unspecified atom stereocenters. The van der Waals surface area contributed by atoms with E-state index in [0.717, 1.165) is 30.3 Å². The molecule has 1 fully saturated rings. The standard InChI is InChI=1S/C17H21ClN4/c1-13-12-16(22-10-6-2-3-7-11-22)21-17(19-13)20-15-9-5-4-8-14(15)18/h4-5,8-9,12H,2-3,6-7,10-11H2,1H3,(H,19,20,21). The maximum atomic E-state index is 6.20. The molecule has 4 nitrogen and oxygen atoms in total. The van der Waals surface area contributed by atoms with E-state index in [1.807, 2.05) is 31.2 Å². The van der Waals surface area contributed by atoms with Gasteiger partial charge in [0.05, 0.1) is 10.7 Å². The number of anilines is 3. The monoisotopic (exact) mass is 316 g/mol. The molecule has 2 heterocycles. The van der Waals surface area contributed by atoms with Gasteiger partial charge in [-0.1, -0.05) is 36.6 Å². The van der Waals surface area contributed by atoms with Crippen molar-refractivity contribution in [3.63, 3.8) is 0 Å². The SMILES string of the molecule is Cc1cc(N2CCCCCC2)nc(Nc2ccccc2Cl)n1. The Labute approximate surface area is 136 Å². The third-order valence-electron chi connectivity index (χ3n) is 3.89. The molecule has 0 spiro atoms. The third kappa shape index (κ3) is 3.69. The lowest BCUT2D eigenvalue weighted by molar-refractivity contribution is 0.726. The number of hydrogen-bond donors (Lipinski definition) is 1. The van der Waals surface area contributed by atoms with Gasteiger partial charge in [0.2, 0.25) is 5.95 Å². The van der Waals surface area contributed by atoms with Crippen LogP contribution in [0.15, 0.2) is 30.3 Å². The van der Waals surface area contributed by atoms with Gasteiger partial charge in [-0.15, -0.1) is 0 Å². The zero-order chi connectivity index (χ0) is 15.4. The molecule has 0 aliphatic carbocycles. The first-order valence-corrected chi connectivity index (χ1v) is 8.22. The molecule has 116 valence electrons. The lowest BCUT2D eigenvalue weighted by atomic mass is 10.2. The summed E-state index contributed by atoms with van der Waals surface area (Å²) in [5, 5.41) is 3.90. The van der Waals surface area contributed by atoms with E-state index in [4.69, 9.17) is 11.6 Å². The molecule has 1 N–H and O–H groups in total. The van der Waals surface area contributed by atoms with Crippen LogP contribution in [0.2, 0.25) is 5.02 Å². The van der Waals surface area contributed by atoms with Crippen molar-refractivity contribution in [1.29, 1.82) is 0 Å². The van der Waals surface area contributed by atoms with Crippen molar-refractivity contribution in [3.8, 4) is 0 Å². The molecule has 1 saturated heterocycles. The van der Waals surface area contributed by atoms with Crippen molar-refractivity contribution < 1.29 is 0 Å². The molecule has 0 radical (unpaired) electrons. The first kappa shape index (κ1) is 15.1. The van der Waals surface area contributed by atoms with Crippen molar-refractivity contribution in [3.05, 3.63) is 41.0 Å². The van der Waals surface area contributed by atoms with Gasteiger partial charge in [-0.05, 0) is 31.9 Å². The summed E-state index contributed by atoms with van der Waals surface area (Å²) >= 11 is 6.20. The van der Waals surface area contributed by atoms with Crippen LogP contribution in [0.25, 0.3) is 0 Å². The molecular weight excluding hydrogens is 296 g/mol. The molecule has 1 aliphatic heterocycles. The van der Waals surface area contributed by atoms with Gasteiger partial charge in [0.1, 0.15) is 5.82 Å². The van der Waals surface area contributed by atoms with E-state index >= 15 is 0 Å². The van der Waals surface area contributed by atoms with Crippen LogP contribution in [0.1, 0.15) is 31.4 Å². The van der Waals surface area contributed by atoms with Gasteiger partial charge >= 0.3 is 0 Å². The number of aromatic nitrogens is 2. The highest BCUT2D eigenvalue weighted by molar-refractivity contribution is 6.33. The highest BCUT2D eigenvalue weighted by Gasteiger charge is 2.13. The zero-order valence-electron chi connectivity index (χ0n) is 12.8. The van der Waals surface area contributed by atoms with E-state index in [9.17, 15) is 0 Å². The van der Waals surface area contributed by atoms with Gasteiger partial charge in [0.25, 0.3) is 0 Å². The highest BCUT2D eigenvalue weighted by atomic mass is 35.5. The van der Waals surface area contributed by atoms with Crippen molar-refractivity contribution in [1.82, 2.24) is 9.97 Å². The number of halogens is 1. The Hall–Kier alpha value is -1.81. The number of rotatable bonds is 3. The maximum absolute atomic E-state index is 6.20. The van der Waals surface area contributed by atoms with Gasteiger partial charge in [-0.2, -0.15) is 4.98 Å². The molecular formula is C17H21ClN4. The Bertz CT molecular complexity index is 636. The van der Waals surface area contributed by atoms with E-state index < -0.39 is 0 Å². The molecule has 0 amide bonds. The zero-order valence-corrected chi connectivity index (χ0v) is 13.6. The van der Waals surface area contributed by atoms with E-state index in [-0.39, 0.29) is 0 Å². The molecule has 2 aromatic rings. The molecule has 3 rings (SSSR count). The summed E-state index contributed by atoms with van der Waals surface area (Å²) in [7, 11) is 0. The fraction of sp³-hybridized carbons (Fsp3) is 0.412. The summed E-state index contributed by atoms with van der Waals surface area (Å²) < 4.78 is 0. The molecule has 22 heavy (non-hydrogen) atoms. The van der Waals surface area contributed by atoms with E-state index in [1.54, 1.807) is 0 Å². The van der Waals surface area contributed by atoms with Crippen LogP contribution in [-0.4, -0.2) is 23.1 Å². The van der Waals surface area contributed by atoms with Crippen molar-refractivity contribution >= 4 is 29.1 Å². The maximum Gasteiger partial charge on any atom is 0.229 e. The van der Waals surface area contributed by atoms with E-state index in [1.165, 1.54) is 25.7 Å². The number of aryl methyl sites for hydroxylation is 1. The van der Waals surface area contributed by atoms with Crippen molar-refractivity contribution in [2.75, 3.05) is 23.3 Å². The average molecular weight is 317 g/mol. The highest BCUT2D eigenvalue weighted by Crippen LogP contribution is 2.25. The second-order valence-corrected chi connectivity index (χ2v) is 6.10. The fourth-order valence-corrected chi connectivity index (χ4v) is 2.94. The average Bonchev–Trinajstić information content (AvgIpc) is 2.78. The lowest BCUT2D eigenvalue weighted by Crippen LogP contribution is -2.25. The third-order valence-corrected chi connectivity index (χ3v) is 4.22. The van der Waals surface area contributed by atoms with Gasteiger partial charge in [-0.3, -0.25) is 0 Å². The van der Waals surface area contributed by atoms with Crippen molar-refractivity contribution in [2.45, 2.75) is 32.6 Å². The van der Waals surface area contributed by atoms with Crippen LogP contribution in [-0.2, 0) is 0 Å². The summed E-state index contributed by atoms with van der Waals surface area (Å²) in [5.74, 6) is 1.61. The van der Waals surface area contributed by atoms with Gasteiger partial charge in [0.15, 0.2) is 0 Å². The number of para-hydroxylation sites is 1. The Morgan fingerprint density at radius 2 is 1.77 bits per heavy atom. The molecule has 1 aromatic heterocycles. The smallest absolute Gasteiger partial charge is 0.229 e. The summed E-state index contributed by atoms with van der Waals surface area (Å²) in [6.45, 7) is 4.14. The molecule has 1 aromatic carbocycles. The summed E-state index contributed by atoms with van der Waals surface area (Å²) in [6, 6.07) is 9.70. The van der Waals surface area contributed by atoms with Crippen molar-refractivity contribution in [2.24, 2.45) is 0 Å². The van der Waals surface area contributed by atoms with Crippen LogP contribution >= 0.6 is 11.6 Å². The normalized spacial score (nSPS) is 15.5. The van der Waals surface area contributed by atoms with Gasteiger partial charge < -0.3 is 10.2 Å². The number of nitrogens with zero attached hydrogens (tertiary/aromatic N) is 3. The minimum Gasteiger partial charge on any atom is -0.356 e. The minimum atomic E-state index is 0.604. The second-order valence-electron chi connectivity index (χ2n) is 5.70. The number of benzene rings is 1. The predicted molar refractivity (Wildman–Crippen MR) is 92.2 cm³/mol. The van der Waals surface area contributed by atoms with Crippen LogP contribution in [0.3, 0.4) is 0 Å². The molecule has 5 heteroatoms. The summed E-state index contributed by atoms with van der Waals surface area (Å²) in [4.78, 5) is 11.5. The first-order chi connectivity index (χ1) is 10.7.